The zero-order valence-corrected chi connectivity index (χ0v) is 10.6. The number of hydrogen-bond donors (Lipinski definition) is 2. The van der Waals surface area contributed by atoms with E-state index in [9.17, 15) is 14.4 Å². The van der Waals surface area contributed by atoms with Crippen LogP contribution in [0, 0.1) is 0 Å². The Morgan fingerprint density at radius 1 is 1.28 bits per heavy atom. The van der Waals surface area contributed by atoms with Crippen LogP contribution in [-0.2, 0) is 19.1 Å². The Morgan fingerprint density at radius 3 is 2.44 bits per heavy atom. The van der Waals surface area contributed by atoms with E-state index in [1.165, 1.54) is 7.11 Å². The highest BCUT2D eigenvalue weighted by molar-refractivity contribution is 5.81. The lowest BCUT2D eigenvalue weighted by Crippen LogP contribution is -2.41. The molecule has 0 aromatic carbocycles. The predicted octanol–water partition coefficient (Wildman–Crippen LogP) is 0.919. The molecule has 0 heterocycles. The molecule has 0 saturated carbocycles. The first-order valence-electron chi connectivity index (χ1n) is 5.74. The van der Waals surface area contributed by atoms with Crippen LogP contribution in [0.5, 0.6) is 0 Å². The van der Waals surface area contributed by atoms with Crippen LogP contribution in [0.2, 0.25) is 0 Å². The first-order chi connectivity index (χ1) is 8.51. The molecule has 0 aliphatic carbocycles. The summed E-state index contributed by atoms with van der Waals surface area (Å²) in [7, 11) is 1.20. The van der Waals surface area contributed by atoms with Crippen LogP contribution >= 0.6 is 0 Å². The largest absolute Gasteiger partial charge is 0.481 e. The van der Waals surface area contributed by atoms with Gasteiger partial charge in [-0.3, -0.25) is 4.79 Å². The molecule has 1 atom stereocenters. The van der Waals surface area contributed by atoms with Gasteiger partial charge in [0.1, 0.15) is 6.04 Å². The molecule has 2 N–H and O–H groups in total. The standard InChI is InChI=1S/C11H19NO6/c1-3-18-10(15)8(12-11(16)17-2)6-4-5-7-9(13)14/h8H,3-7H2,1-2H3,(H,12,16)(H,13,14). The lowest BCUT2D eigenvalue weighted by atomic mass is 10.1. The number of alkyl carbamates (subject to hydrolysis) is 1. The minimum atomic E-state index is -0.886. The Labute approximate surface area is 105 Å². The van der Waals surface area contributed by atoms with Crippen molar-refractivity contribution in [3.05, 3.63) is 0 Å². The molecule has 0 spiro atoms. The molecular formula is C11H19NO6. The number of carboxylic acids is 1. The molecule has 104 valence electrons. The third-order valence-corrected chi connectivity index (χ3v) is 2.18. The van der Waals surface area contributed by atoms with Crippen molar-refractivity contribution in [3.63, 3.8) is 0 Å². The normalized spacial score (nSPS) is 11.4. The van der Waals surface area contributed by atoms with E-state index in [1.807, 2.05) is 0 Å². The predicted molar refractivity (Wildman–Crippen MR) is 62.1 cm³/mol. The Bertz CT molecular complexity index is 291. The molecule has 0 fully saturated rings. The number of nitrogens with one attached hydrogen (secondary N) is 1. The highest BCUT2D eigenvalue weighted by atomic mass is 16.5. The van der Waals surface area contributed by atoms with Crippen LogP contribution in [0.4, 0.5) is 4.79 Å². The summed E-state index contributed by atoms with van der Waals surface area (Å²) in [6, 6.07) is -0.800. The van der Waals surface area contributed by atoms with Gasteiger partial charge in [-0.15, -0.1) is 0 Å². The first kappa shape index (κ1) is 16.2. The molecule has 0 radical (unpaired) electrons. The van der Waals surface area contributed by atoms with Crippen LogP contribution in [0.25, 0.3) is 0 Å². The van der Waals surface area contributed by atoms with E-state index < -0.39 is 24.1 Å². The van der Waals surface area contributed by atoms with Gasteiger partial charge in [-0.1, -0.05) is 6.42 Å². The zero-order valence-electron chi connectivity index (χ0n) is 10.6. The van der Waals surface area contributed by atoms with Crippen molar-refractivity contribution in [2.75, 3.05) is 13.7 Å². The number of carboxylic acid groups (broad SMARTS) is 1. The van der Waals surface area contributed by atoms with Gasteiger partial charge in [-0.2, -0.15) is 0 Å². The molecule has 0 rings (SSSR count). The third kappa shape index (κ3) is 7.48. The minimum Gasteiger partial charge on any atom is -0.481 e. The molecule has 0 saturated heterocycles. The van der Waals surface area contributed by atoms with E-state index in [0.29, 0.717) is 19.3 Å². The van der Waals surface area contributed by atoms with E-state index in [4.69, 9.17) is 9.84 Å². The fourth-order valence-corrected chi connectivity index (χ4v) is 1.32. The van der Waals surface area contributed by atoms with Gasteiger partial charge < -0.3 is 19.9 Å². The Hall–Kier alpha value is -1.79. The lowest BCUT2D eigenvalue weighted by molar-refractivity contribution is -0.145. The lowest BCUT2D eigenvalue weighted by Gasteiger charge is -2.16. The summed E-state index contributed by atoms with van der Waals surface area (Å²) in [6.07, 6.45) is 0.578. The molecule has 18 heavy (non-hydrogen) atoms. The number of aliphatic carboxylic acids is 1. The van der Waals surface area contributed by atoms with Crippen LogP contribution in [0.1, 0.15) is 32.6 Å². The highest BCUT2D eigenvalue weighted by Gasteiger charge is 2.21. The molecule has 0 aromatic rings. The molecule has 1 unspecified atom stereocenters. The molecule has 7 heteroatoms. The van der Waals surface area contributed by atoms with Crippen molar-refractivity contribution in [1.29, 1.82) is 0 Å². The summed E-state index contributed by atoms with van der Waals surface area (Å²) in [5.74, 6) is -1.43. The number of carbonyl (C=O) groups is 3. The Morgan fingerprint density at radius 2 is 1.94 bits per heavy atom. The number of methoxy groups -OCH3 is 1. The van der Waals surface area contributed by atoms with Crippen molar-refractivity contribution < 1.29 is 29.0 Å². The summed E-state index contributed by atoms with van der Waals surface area (Å²) >= 11 is 0. The van der Waals surface area contributed by atoms with Crippen LogP contribution in [-0.4, -0.2) is 42.9 Å². The smallest absolute Gasteiger partial charge is 0.407 e. The summed E-state index contributed by atoms with van der Waals surface area (Å²) in [5.41, 5.74) is 0. The SMILES string of the molecule is CCOC(=O)C(CCCCC(=O)O)NC(=O)OC. The van der Waals surface area contributed by atoms with Gasteiger partial charge in [0.2, 0.25) is 0 Å². The number of rotatable bonds is 8. The maximum Gasteiger partial charge on any atom is 0.407 e. The van der Waals surface area contributed by atoms with Crippen molar-refractivity contribution >= 4 is 18.0 Å². The van der Waals surface area contributed by atoms with E-state index in [2.05, 4.69) is 10.1 Å². The molecule has 0 bridgehead atoms. The molecular weight excluding hydrogens is 242 g/mol. The molecule has 1 amide bonds. The van der Waals surface area contributed by atoms with E-state index in [-0.39, 0.29) is 13.0 Å². The van der Waals surface area contributed by atoms with Gasteiger partial charge >= 0.3 is 18.0 Å². The second-order valence-electron chi connectivity index (χ2n) is 3.58. The number of hydrogen-bond acceptors (Lipinski definition) is 5. The van der Waals surface area contributed by atoms with Gasteiger partial charge in [-0.05, 0) is 19.8 Å². The first-order valence-corrected chi connectivity index (χ1v) is 5.74. The third-order valence-electron chi connectivity index (χ3n) is 2.18. The number of unbranched alkanes of at least 4 members (excludes halogenated alkanes) is 1. The average molecular weight is 261 g/mol. The summed E-state index contributed by atoms with van der Waals surface area (Å²) in [4.78, 5) is 32.9. The van der Waals surface area contributed by atoms with E-state index >= 15 is 0 Å². The van der Waals surface area contributed by atoms with Gasteiger partial charge in [0.15, 0.2) is 0 Å². The maximum atomic E-state index is 11.5. The molecule has 7 nitrogen and oxygen atoms in total. The van der Waals surface area contributed by atoms with Gasteiger partial charge in [0.05, 0.1) is 13.7 Å². The highest BCUT2D eigenvalue weighted by Crippen LogP contribution is 2.06. The number of amides is 1. The van der Waals surface area contributed by atoms with Crippen LogP contribution in [0.3, 0.4) is 0 Å². The molecule has 0 aliphatic heterocycles. The van der Waals surface area contributed by atoms with Gasteiger partial charge in [0, 0.05) is 6.42 Å². The van der Waals surface area contributed by atoms with E-state index in [1.54, 1.807) is 6.92 Å². The summed E-state index contributed by atoms with van der Waals surface area (Å²) < 4.78 is 9.20. The quantitative estimate of drug-likeness (QED) is 0.497. The Balaban J connectivity index is 4.16. The van der Waals surface area contributed by atoms with Crippen molar-refractivity contribution in [2.24, 2.45) is 0 Å². The fourth-order valence-electron chi connectivity index (χ4n) is 1.32. The topological polar surface area (TPSA) is 102 Å². The fraction of sp³-hybridized carbons (Fsp3) is 0.727. The minimum absolute atomic E-state index is 0.0355. The second-order valence-corrected chi connectivity index (χ2v) is 3.58. The van der Waals surface area contributed by atoms with Crippen molar-refractivity contribution in [2.45, 2.75) is 38.6 Å². The van der Waals surface area contributed by atoms with Crippen LogP contribution < -0.4 is 5.32 Å². The molecule has 0 aromatic heterocycles. The summed E-state index contributed by atoms with van der Waals surface area (Å²) in [5, 5.41) is 10.8. The van der Waals surface area contributed by atoms with Crippen molar-refractivity contribution in [3.8, 4) is 0 Å². The number of carbonyl (C=O) groups excluding carboxylic acids is 2. The average Bonchev–Trinajstić information content (AvgIpc) is 2.32. The van der Waals surface area contributed by atoms with Crippen LogP contribution in [0.15, 0.2) is 0 Å². The number of ether oxygens (including phenoxy) is 2. The zero-order chi connectivity index (χ0) is 14.0. The maximum absolute atomic E-state index is 11.5. The second kappa shape index (κ2) is 9.26. The van der Waals surface area contributed by atoms with Crippen molar-refractivity contribution in [1.82, 2.24) is 5.32 Å². The molecule has 0 aliphatic rings. The van der Waals surface area contributed by atoms with Gasteiger partial charge in [-0.25, -0.2) is 9.59 Å². The Kier molecular flexibility index (Phi) is 8.34. The monoisotopic (exact) mass is 261 g/mol. The van der Waals surface area contributed by atoms with Gasteiger partial charge in [0.25, 0.3) is 0 Å². The number of esters is 1. The van der Waals surface area contributed by atoms with E-state index in [0.717, 1.165) is 0 Å². The summed E-state index contributed by atoms with van der Waals surface area (Å²) in [6.45, 7) is 1.88.